The van der Waals surface area contributed by atoms with Gasteiger partial charge in [0.1, 0.15) is 36.2 Å². The van der Waals surface area contributed by atoms with Gasteiger partial charge in [0.25, 0.3) is 0 Å². The molecule has 1 fully saturated rings. The molecule has 2 aliphatic rings. The van der Waals surface area contributed by atoms with Gasteiger partial charge in [0.15, 0.2) is 0 Å². The monoisotopic (exact) mass is 514 g/mol. The van der Waals surface area contributed by atoms with E-state index in [1.165, 1.54) is 30.7 Å². The van der Waals surface area contributed by atoms with Crippen molar-refractivity contribution in [2.45, 2.75) is 49.7 Å². The molecule has 0 unspecified atom stereocenters. The molecule has 0 bridgehead atoms. The van der Waals surface area contributed by atoms with Crippen LogP contribution >= 0.6 is 0 Å². The number of carbonyl (C=O) groups excluding carboxylic acids is 1. The molecule has 13 heteroatoms. The first-order valence-electron chi connectivity index (χ1n) is 11.5. The topological polar surface area (TPSA) is 169 Å². The second kappa shape index (κ2) is 9.67. The van der Waals surface area contributed by atoms with Crippen LogP contribution in [-0.4, -0.2) is 75.6 Å². The molecule has 2 heterocycles. The van der Waals surface area contributed by atoms with E-state index in [1.807, 2.05) is 16.9 Å². The SMILES string of the molecule is CNS(=O)(=O)O[C@@H]1C[C@@H](Nc2ncncc2C(=O)c2ccn([C@@H]3CCc4ccccc43)n2)[C@H](O)[C@H]1O. The van der Waals surface area contributed by atoms with Gasteiger partial charge in [-0.15, -0.1) is 0 Å². The number of nitrogens with zero attached hydrogens (tertiary/aromatic N) is 4. The summed E-state index contributed by atoms with van der Waals surface area (Å²) in [5, 5.41) is 28.2. The minimum absolute atomic E-state index is 0.0450. The number of aryl methyl sites for hydroxylation is 1. The third-order valence-corrected chi connectivity index (χ3v) is 7.67. The summed E-state index contributed by atoms with van der Waals surface area (Å²) in [5.41, 5.74) is 2.81. The van der Waals surface area contributed by atoms with E-state index in [9.17, 15) is 23.4 Å². The van der Waals surface area contributed by atoms with Crippen LogP contribution in [0.15, 0.2) is 49.1 Å². The molecule has 1 saturated carbocycles. The Labute approximate surface area is 207 Å². The number of aromatic nitrogens is 4. The van der Waals surface area contributed by atoms with Gasteiger partial charge in [-0.2, -0.15) is 18.2 Å². The Kier molecular flexibility index (Phi) is 6.57. The summed E-state index contributed by atoms with van der Waals surface area (Å²) in [6.45, 7) is 0. The molecule has 0 saturated heterocycles. The van der Waals surface area contributed by atoms with E-state index in [1.54, 1.807) is 16.9 Å². The highest BCUT2D eigenvalue weighted by atomic mass is 32.2. The zero-order chi connectivity index (χ0) is 25.4. The van der Waals surface area contributed by atoms with E-state index < -0.39 is 40.4 Å². The van der Waals surface area contributed by atoms with Gasteiger partial charge in [-0.1, -0.05) is 24.3 Å². The highest BCUT2D eigenvalue weighted by molar-refractivity contribution is 7.84. The number of aliphatic hydroxyl groups excluding tert-OH is 2. The number of fused-ring (bicyclic) bond motifs is 1. The molecule has 2 aliphatic carbocycles. The summed E-state index contributed by atoms with van der Waals surface area (Å²) < 4.78 is 32.1. The Morgan fingerprint density at radius 3 is 2.81 bits per heavy atom. The number of carbonyl (C=O) groups is 1. The number of anilines is 1. The van der Waals surface area contributed by atoms with Crippen LogP contribution in [0.1, 0.15) is 46.1 Å². The molecule has 5 atom stereocenters. The molecule has 4 N–H and O–H groups in total. The standard InChI is InChI=1S/C23H26N6O6S/c1-24-36(33,34)35-19-10-17(21(31)22(19)32)27-23-15(11-25-12-26-23)20(30)16-8-9-29(28-16)18-7-6-13-4-2-3-5-14(13)18/h2-5,8-9,11-12,17-19,21-22,24,31-32H,6-7,10H2,1H3,(H,25,26,27)/t17-,18-,19-,21+,22+/m1/s1. The van der Waals surface area contributed by atoms with Crippen molar-refractivity contribution in [3.05, 3.63) is 71.4 Å². The maximum absolute atomic E-state index is 13.3. The molecule has 190 valence electrons. The summed E-state index contributed by atoms with van der Waals surface area (Å²) in [6, 6.07) is 9.04. The van der Waals surface area contributed by atoms with Crippen molar-refractivity contribution in [2.75, 3.05) is 12.4 Å². The van der Waals surface area contributed by atoms with Crippen LogP contribution in [0.3, 0.4) is 0 Å². The van der Waals surface area contributed by atoms with Crippen LogP contribution in [0.5, 0.6) is 0 Å². The van der Waals surface area contributed by atoms with E-state index in [0.717, 1.165) is 12.8 Å². The smallest absolute Gasteiger partial charge is 0.335 e. The lowest BCUT2D eigenvalue weighted by molar-refractivity contribution is -0.00882. The summed E-state index contributed by atoms with van der Waals surface area (Å²) in [7, 11) is -2.90. The average Bonchev–Trinajstić information content (AvgIpc) is 3.59. The second-order valence-corrected chi connectivity index (χ2v) is 10.3. The predicted octanol–water partition coefficient (Wildman–Crippen LogP) is 0.195. The summed E-state index contributed by atoms with van der Waals surface area (Å²) >= 11 is 0. The highest BCUT2D eigenvalue weighted by Gasteiger charge is 2.44. The normalized spacial score (nSPS) is 25.6. The molecule has 0 amide bonds. The molecule has 0 aliphatic heterocycles. The summed E-state index contributed by atoms with van der Waals surface area (Å²) in [5.74, 6) is -0.286. The van der Waals surface area contributed by atoms with Crippen molar-refractivity contribution in [3.8, 4) is 0 Å². The molecule has 36 heavy (non-hydrogen) atoms. The third kappa shape index (κ3) is 4.63. The van der Waals surface area contributed by atoms with Crippen LogP contribution in [-0.2, 0) is 20.9 Å². The molecule has 1 aromatic carbocycles. The Morgan fingerprint density at radius 2 is 2.00 bits per heavy atom. The third-order valence-electron chi connectivity index (χ3n) is 6.67. The summed E-state index contributed by atoms with van der Waals surface area (Å²) in [4.78, 5) is 21.4. The minimum Gasteiger partial charge on any atom is -0.388 e. The van der Waals surface area contributed by atoms with Crippen molar-refractivity contribution in [1.82, 2.24) is 24.5 Å². The van der Waals surface area contributed by atoms with Crippen molar-refractivity contribution >= 4 is 21.9 Å². The number of nitrogens with one attached hydrogen (secondary N) is 2. The fourth-order valence-corrected chi connectivity index (χ4v) is 5.42. The number of aliphatic hydroxyl groups is 2. The lowest BCUT2D eigenvalue weighted by Crippen LogP contribution is -2.38. The minimum atomic E-state index is -4.08. The fraction of sp³-hybridized carbons (Fsp3) is 0.391. The number of rotatable bonds is 8. The van der Waals surface area contributed by atoms with Gasteiger partial charge in [-0.3, -0.25) is 13.7 Å². The molecule has 3 aromatic rings. The molecular formula is C23H26N6O6S. The first-order valence-corrected chi connectivity index (χ1v) is 12.9. The van der Waals surface area contributed by atoms with Crippen LogP contribution in [0.25, 0.3) is 0 Å². The van der Waals surface area contributed by atoms with Gasteiger partial charge in [0.2, 0.25) is 5.78 Å². The van der Waals surface area contributed by atoms with Crippen molar-refractivity contribution in [3.63, 3.8) is 0 Å². The van der Waals surface area contributed by atoms with Crippen LogP contribution < -0.4 is 10.0 Å². The van der Waals surface area contributed by atoms with Gasteiger partial charge in [-0.25, -0.2) is 9.97 Å². The van der Waals surface area contributed by atoms with E-state index in [0.29, 0.717) is 0 Å². The molecular weight excluding hydrogens is 488 g/mol. The van der Waals surface area contributed by atoms with Crippen molar-refractivity contribution in [1.29, 1.82) is 0 Å². The van der Waals surface area contributed by atoms with Gasteiger partial charge in [0, 0.05) is 25.9 Å². The molecule has 2 aromatic heterocycles. The zero-order valence-corrected chi connectivity index (χ0v) is 20.2. The highest BCUT2D eigenvalue weighted by Crippen LogP contribution is 2.34. The van der Waals surface area contributed by atoms with Gasteiger partial charge in [-0.05, 0) is 30.0 Å². The lowest BCUT2D eigenvalue weighted by Gasteiger charge is -2.19. The van der Waals surface area contributed by atoms with E-state index in [4.69, 9.17) is 4.18 Å². The maximum atomic E-state index is 13.3. The Bertz CT molecular complexity index is 1380. The fourth-order valence-electron chi connectivity index (χ4n) is 4.80. The van der Waals surface area contributed by atoms with Crippen LogP contribution in [0, 0.1) is 0 Å². The Balaban J connectivity index is 1.34. The van der Waals surface area contributed by atoms with Crippen LogP contribution in [0.4, 0.5) is 5.82 Å². The quantitative estimate of drug-likeness (QED) is 0.305. The van der Waals surface area contributed by atoms with Crippen molar-refractivity contribution < 1.29 is 27.6 Å². The number of benzene rings is 1. The second-order valence-electron chi connectivity index (χ2n) is 8.81. The number of ketones is 1. The zero-order valence-electron chi connectivity index (χ0n) is 19.4. The molecule has 12 nitrogen and oxygen atoms in total. The summed E-state index contributed by atoms with van der Waals surface area (Å²) in [6.07, 6.45) is 2.15. The number of hydrogen-bond acceptors (Lipinski definition) is 10. The largest absolute Gasteiger partial charge is 0.388 e. The van der Waals surface area contributed by atoms with E-state index >= 15 is 0 Å². The van der Waals surface area contributed by atoms with Gasteiger partial charge < -0.3 is 15.5 Å². The molecule has 5 rings (SSSR count). The van der Waals surface area contributed by atoms with Crippen LogP contribution in [0.2, 0.25) is 0 Å². The lowest BCUT2D eigenvalue weighted by atomic mass is 10.1. The average molecular weight is 515 g/mol. The molecule has 0 spiro atoms. The molecule has 0 radical (unpaired) electrons. The predicted molar refractivity (Wildman–Crippen MR) is 127 cm³/mol. The first-order chi connectivity index (χ1) is 17.3. The Hall–Kier alpha value is -3.23. The van der Waals surface area contributed by atoms with E-state index in [2.05, 4.69) is 32.5 Å². The Morgan fingerprint density at radius 1 is 1.19 bits per heavy atom. The first kappa shape index (κ1) is 24.5. The van der Waals surface area contributed by atoms with Gasteiger partial charge in [0.05, 0.1) is 17.6 Å². The maximum Gasteiger partial charge on any atom is 0.335 e. The van der Waals surface area contributed by atoms with E-state index in [-0.39, 0.29) is 29.5 Å². The van der Waals surface area contributed by atoms with Crippen molar-refractivity contribution in [2.24, 2.45) is 0 Å². The van der Waals surface area contributed by atoms with Gasteiger partial charge >= 0.3 is 10.3 Å². The number of hydrogen-bond donors (Lipinski definition) is 4.